The molecule has 4 atom stereocenters. The van der Waals surface area contributed by atoms with Gasteiger partial charge < -0.3 is 10.7 Å². The summed E-state index contributed by atoms with van der Waals surface area (Å²) in [5, 5.41) is -1.10. The first-order valence-corrected chi connectivity index (χ1v) is 14.5. The number of nitrogens with zero attached hydrogens (tertiary/aromatic N) is 2. The first kappa shape index (κ1) is 27.2. The third-order valence-corrected chi connectivity index (χ3v) is 10.5. The molecule has 1 saturated carbocycles. The molecule has 5 rings (SSSR count). The van der Waals surface area contributed by atoms with Crippen LogP contribution in [0.3, 0.4) is 0 Å². The van der Waals surface area contributed by atoms with E-state index in [2.05, 4.69) is 4.98 Å². The number of allylic oxidation sites excluding steroid dienone is 3. The maximum absolute atomic E-state index is 14.1. The van der Waals surface area contributed by atoms with Crippen molar-refractivity contribution in [2.45, 2.75) is 50.3 Å². The Kier molecular flexibility index (Phi) is 6.69. The first-order valence-electron chi connectivity index (χ1n) is 12.4. The molecule has 3 N–H and O–H groups in total. The van der Waals surface area contributed by atoms with Crippen LogP contribution in [0, 0.1) is 11.3 Å². The lowest BCUT2D eigenvalue weighted by Gasteiger charge is -2.25. The number of halogens is 4. The number of nitrogens with one attached hydrogen (secondary N) is 1. The summed E-state index contributed by atoms with van der Waals surface area (Å²) < 4.78 is 68.3. The van der Waals surface area contributed by atoms with Crippen LogP contribution in [0.2, 0.25) is 0 Å². The SMILES string of the molecule is CCS(=O)(=O)C1C=CC(Cl)=CC1Cn1c(=O)[nH]c2cc(CN3CC[C@@]4(CC4N)C3)c(C(F)(F)F)cc2c1=O. The van der Waals surface area contributed by atoms with Gasteiger partial charge in [-0.15, -0.1) is 0 Å². The van der Waals surface area contributed by atoms with Gasteiger partial charge in [0.05, 0.1) is 21.7 Å². The number of likely N-dealkylation sites (tertiary alicyclic amines) is 1. The van der Waals surface area contributed by atoms with E-state index in [4.69, 9.17) is 17.3 Å². The van der Waals surface area contributed by atoms with Gasteiger partial charge >= 0.3 is 11.9 Å². The Labute approximate surface area is 221 Å². The van der Waals surface area contributed by atoms with Gasteiger partial charge in [0.25, 0.3) is 5.56 Å². The van der Waals surface area contributed by atoms with Crippen molar-refractivity contribution < 1.29 is 21.6 Å². The van der Waals surface area contributed by atoms with Crippen LogP contribution in [0.15, 0.2) is 45.0 Å². The number of hydrogen-bond donors (Lipinski definition) is 2. The summed E-state index contributed by atoms with van der Waals surface area (Å²) in [6.45, 7) is 2.35. The van der Waals surface area contributed by atoms with E-state index < -0.39 is 44.0 Å². The highest BCUT2D eigenvalue weighted by Crippen LogP contribution is 2.52. The standard InChI is InChI=1S/C25H28ClF3N4O4S/c1-2-38(36,37)20-4-3-16(26)7-15(20)12-33-22(34)17-9-18(25(27,28)29)14(8-19(17)31-23(33)35)11-32-6-5-24(13-32)10-21(24)30/h3-4,7-9,15,20-21H,2,5-6,10-13,30H2,1H3,(H,31,35)/t15?,20?,21?,24-/m1/s1. The van der Waals surface area contributed by atoms with Gasteiger partial charge in [-0.1, -0.05) is 30.7 Å². The van der Waals surface area contributed by atoms with E-state index in [1.807, 2.05) is 4.90 Å². The third kappa shape index (κ3) is 4.87. The highest BCUT2D eigenvalue weighted by Gasteiger charge is 2.55. The molecule has 1 aliphatic heterocycles. The predicted molar refractivity (Wildman–Crippen MR) is 139 cm³/mol. The zero-order valence-corrected chi connectivity index (χ0v) is 22.2. The fraction of sp³-hybridized carbons (Fsp3) is 0.520. The van der Waals surface area contributed by atoms with Gasteiger partial charge in [0.15, 0.2) is 9.84 Å². The molecule has 0 radical (unpaired) electrons. The van der Waals surface area contributed by atoms with Crippen molar-refractivity contribution in [2.75, 3.05) is 18.8 Å². The fourth-order valence-electron chi connectivity index (χ4n) is 5.74. The summed E-state index contributed by atoms with van der Waals surface area (Å²) in [4.78, 5) is 30.7. The Morgan fingerprint density at radius 2 is 1.97 bits per heavy atom. The van der Waals surface area contributed by atoms with Gasteiger partial charge in [0.2, 0.25) is 0 Å². The smallest absolute Gasteiger partial charge is 0.327 e. The molecule has 0 amide bonds. The lowest BCUT2D eigenvalue weighted by Crippen LogP contribution is -2.41. The van der Waals surface area contributed by atoms with Crippen molar-refractivity contribution in [1.29, 1.82) is 0 Å². The number of aromatic nitrogens is 2. The molecule has 38 heavy (non-hydrogen) atoms. The number of fused-ring (bicyclic) bond motifs is 1. The number of benzene rings is 1. The normalized spacial score (nSPS) is 27.8. The van der Waals surface area contributed by atoms with Crippen LogP contribution < -0.4 is 17.0 Å². The van der Waals surface area contributed by atoms with Crippen LogP contribution in [-0.4, -0.2) is 53.0 Å². The van der Waals surface area contributed by atoms with Crippen molar-refractivity contribution in [1.82, 2.24) is 14.5 Å². The molecular weight excluding hydrogens is 545 g/mol. The molecule has 3 aliphatic rings. The van der Waals surface area contributed by atoms with E-state index >= 15 is 0 Å². The van der Waals surface area contributed by atoms with Crippen LogP contribution in [0.1, 0.15) is 30.9 Å². The maximum atomic E-state index is 14.1. The number of hydrogen-bond acceptors (Lipinski definition) is 6. The predicted octanol–water partition coefficient (Wildman–Crippen LogP) is 2.74. The number of aromatic amines is 1. The van der Waals surface area contributed by atoms with Crippen molar-refractivity contribution >= 4 is 32.3 Å². The summed E-state index contributed by atoms with van der Waals surface area (Å²) in [6.07, 6.45) is 1.23. The molecule has 13 heteroatoms. The van der Waals surface area contributed by atoms with E-state index in [-0.39, 0.29) is 51.8 Å². The second kappa shape index (κ2) is 9.35. The molecule has 1 spiro atoms. The van der Waals surface area contributed by atoms with Gasteiger partial charge in [-0.2, -0.15) is 13.2 Å². The lowest BCUT2D eigenvalue weighted by atomic mass is 9.99. The van der Waals surface area contributed by atoms with Gasteiger partial charge in [-0.25, -0.2) is 13.2 Å². The first-order chi connectivity index (χ1) is 17.7. The lowest BCUT2D eigenvalue weighted by molar-refractivity contribution is -0.138. The minimum atomic E-state index is -4.73. The molecule has 0 bridgehead atoms. The topological polar surface area (TPSA) is 118 Å². The molecule has 2 aliphatic carbocycles. The minimum absolute atomic E-state index is 0.00822. The Bertz CT molecular complexity index is 1580. The molecular formula is C25H28ClF3N4O4S. The Morgan fingerprint density at radius 3 is 2.58 bits per heavy atom. The molecule has 206 valence electrons. The zero-order valence-electron chi connectivity index (χ0n) is 20.6. The van der Waals surface area contributed by atoms with Crippen LogP contribution in [0.25, 0.3) is 10.9 Å². The van der Waals surface area contributed by atoms with Crippen molar-refractivity contribution in [3.8, 4) is 0 Å². The van der Waals surface area contributed by atoms with E-state index in [1.165, 1.54) is 31.2 Å². The van der Waals surface area contributed by atoms with Crippen LogP contribution in [0.4, 0.5) is 13.2 Å². The summed E-state index contributed by atoms with van der Waals surface area (Å²) in [6, 6.07) is 2.06. The number of rotatable bonds is 6. The Morgan fingerprint density at radius 1 is 1.26 bits per heavy atom. The average Bonchev–Trinajstić information content (AvgIpc) is 3.27. The molecule has 1 aromatic heterocycles. The fourth-order valence-corrected chi connectivity index (χ4v) is 7.38. The Hall–Kier alpha value is -2.41. The second-order valence-electron chi connectivity index (χ2n) is 10.5. The van der Waals surface area contributed by atoms with Gasteiger partial charge in [0, 0.05) is 47.8 Å². The quantitative estimate of drug-likeness (QED) is 0.550. The number of nitrogens with two attached hydrogens (primary N) is 1. The van der Waals surface area contributed by atoms with Gasteiger partial charge in [-0.3, -0.25) is 14.3 Å². The second-order valence-corrected chi connectivity index (χ2v) is 13.4. The number of alkyl halides is 3. The highest BCUT2D eigenvalue weighted by molar-refractivity contribution is 7.92. The molecule has 2 heterocycles. The molecule has 2 aromatic rings. The molecule has 1 saturated heterocycles. The van der Waals surface area contributed by atoms with E-state index in [0.717, 1.165) is 23.5 Å². The summed E-state index contributed by atoms with van der Waals surface area (Å²) in [5.74, 6) is -1.03. The molecule has 1 aromatic carbocycles. The van der Waals surface area contributed by atoms with E-state index in [1.54, 1.807) is 0 Å². The molecule has 3 unspecified atom stereocenters. The molecule has 8 nitrogen and oxygen atoms in total. The van der Waals surface area contributed by atoms with Crippen molar-refractivity contribution in [2.24, 2.45) is 17.1 Å². The average molecular weight is 573 g/mol. The van der Waals surface area contributed by atoms with E-state index in [0.29, 0.717) is 13.1 Å². The van der Waals surface area contributed by atoms with Gasteiger partial charge in [0.1, 0.15) is 0 Å². The minimum Gasteiger partial charge on any atom is -0.327 e. The van der Waals surface area contributed by atoms with Crippen LogP contribution >= 0.6 is 11.6 Å². The maximum Gasteiger partial charge on any atom is 0.416 e. The van der Waals surface area contributed by atoms with E-state index in [9.17, 15) is 31.2 Å². The number of sulfone groups is 1. The zero-order chi connectivity index (χ0) is 27.6. The van der Waals surface area contributed by atoms with Crippen LogP contribution in [-0.2, 0) is 29.1 Å². The summed E-state index contributed by atoms with van der Waals surface area (Å²) in [5.41, 5.74) is 3.23. The van der Waals surface area contributed by atoms with Gasteiger partial charge in [-0.05, 0) is 43.2 Å². The van der Waals surface area contributed by atoms with Crippen LogP contribution in [0.5, 0.6) is 0 Å². The highest BCUT2D eigenvalue weighted by atomic mass is 35.5. The Balaban J connectivity index is 1.54. The number of H-pyrrole nitrogens is 1. The van der Waals surface area contributed by atoms with Crippen molar-refractivity contribution in [3.05, 3.63) is 67.4 Å². The largest absolute Gasteiger partial charge is 0.416 e. The third-order valence-electron chi connectivity index (χ3n) is 8.07. The van der Waals surface area contributed by atoms with Crippen molar-refractivity contribution in [3.63, 3.8) is 0 Å². The summed E-state index contributed by atoms with van der Waals surface area (Å²) >= 11 is 6.07. The monoisotopic (exact) mass is 572 g/mol. The summed E-state index contributed by atoms with van der Waals surface area (Å²) in [7, 11) is -3.61. The molecule has 2 fully saturated rings.